The molecule has 2 N–H and O–H groups in total. The SMILES string of the molecule is C=C[C@@H]1C[C@]1(C)P(=O)(OCC)OCC.C=C[C@@H]1C[C@]1(N)P(=O)(OCC)OCC. The molecule has 28 heavy (non-hydrogen) atoms. The van der Waals surface area contributed by atoms with Crippen LogP contribution in [0.25, 0.3) is 0 Å². The van der Waals surface area contributed by atoms with Crippen LogP contribution in [-0.2, 0) is 27.2 Å². The lowest BCUT2D eigenvalue weighted by Crippen LogP contribution is -2.27. The minimum absolute atomic E-state index is 0.0476. The molecule has 164 valence electrons. The first-order valence-electron chi connectivity index (χ1n) is 9.90. The second kappa shape index (κ2) is 10.2. The first-order chi connectivity index (χ1) is 13.1. The second-order valence-corrected chi connectivity index (χ2v) is 12.0. The number of hydrogen-bond acceptors (Lipinski definition) is 7. The Morgan fingerprint density at radius 3 is 1.54 bits per heavy atom. The summed E-state index contributed by atoms with van der Waals surface area (Å²) < 4.78 is 45.6. The van der Waals surface area contributed by atoms with E-state index in [-0.39, 0.29) is 17.0 Å². The van der Waals surface area contributed by atoms with Crippen molar-refractivity contribution >= 4 is 15.2 Å². The van der Waals surface area contributed by atoms with Gasteiger partial charge in [0.05, 0.1) is 31.6 Å². The maximum atomic E-state index is 12.4. The molecule has 2 rings (SSSR count). The van der Waals surface area contributed by atoms with Gasteiger partial charge < -0.3 is 23.8 Å². The Labute approximate surface area is 170 Å². The van der Waals surface area contributed by atoms with Gasteiger partial charge in [-0.2, -0.15) is 0 Å². The third kappa shape index (κ3) is 5.07. The summed E-state index contributed by atoms with van der Waals surface area (Å²) in [5.41, 5.74) is 5.97. The second-order valence-electron chi connectivity index (χ2n) is 7.11. The van der Waals surface area contributed by atoms with E-state index < -0.39 is 20.5 Å². The molecule has 0 heterocycles. The van der Waals surface area contributed by atoms with Gasteiger partial charge in [0.1, 0.15) is 5.28 Å². The summed E-state index contributed by atoms with van der Waals surface area (Å²) in [6.45, 7) is 18.1. The fourth-order valence-corrected chi connectivity index (χ4v) is 7.67. The maximum Gasteiger partial charge on any atom is 0.350 e. The number of allylic oxidation sites excluding steroid dienone is 1. The van der Waals surface area contributed by atoms with Gasteiger partial charge in [0.15, 0.2) is 0 Å². The van der Waals surface area contributed by atoms with E-state index in [9.17, 15) is 9.13 Å². The lowest BCUT2D eigenvalue weighted by molar-refractivity contribution is 0.208. The van der Waals surface area contributed by atoms with Crippen molar-refractivity contribution in [1.29, 1.82) is 0 Å². The van der Waals surface area contributed by atoms with Crippen molar-refractivity contribution in [2.24, 2.45) is 17.6 Å². The molecule has 7 nitrogen and oxygen atoms in total. The van der Waals surface area contributed by atoms with Crippen LogP contribution in [0.3, 0.4) is 0 Å². The largest absolute Gasteiger partial charge is 0.350 e. The minimum atomic E-state index is -3.16. The van der Waals surface area contributed by atoms with Crippen LogP contribution >= 0.6 is 15.2 Å². The van der Waals surface area contributed by atoms with Crippen LogP contribution in [0, 0.1) is 11.8 Å². The van der Waals surface area contributed by atoms with Crippen molar-refractivity contribution in [3.8, 4) is 0 Å². The van der Waals surface area contributed by atoms with Crippen LogP contribution in [0.2, 0.25) is 0 Å². The molecule has 0 aromatic carbocycles. The lowest BCUT2D eigenvalue weighted by atomic mass is 10.3. The van der Waals surface area contributed by atoms with E-state index in [2.05, 4.69) is 13.2 Å². The molecule has 0 amide bonds. The average Bonchev–Trinajstić information content (AvgIpc) is 3.52. The van der Waals surface area contributed by atoms with Crippen LogP contribution in [0.15, 0.2) is 25.3 Å². The molecule has 2 aliphatic rings. The van der Waals surface area contributed by atoms with Crippen LogP contribution in [0.5, 0.6) is 0 Å². The number of nitrogens with two attached hydrogens (primary N) is 1. The lowest BCUT2D eigenvalue weighted by Gasteiger charge is -2.23. The molecule has 2 aliphatic carbocycles. The quantitative estimate of drug-likeness (QED) is 0.325. The molecule has 0 unspecified atom stereocenters. The fraction of sp³-hybridized carbons (Fsp3) is 0.789. The third-order valence-corrected chi connectivity index (χ3v) is 10.9. The standard InChI is InChI=1S/C10H19O3P.C9H18NO3P/c1-5-9-8-10(9,4)14(11,12-6-2)13-7-3;1-4-8-7-9(8,10)14(11,12-5-2)13-6-3/h5,9H,1,6-8H2,2-4H3;4,8H,1,5-7,10H2,2-3H3/t9-,10+;8-,9+/m11/s1. The van der Waals surface area contributed by atoms with Crippen LogP contribution in [-0.4, -0.2) is 36.9 Å². The topological polar surface area (TPSA) is 97.1 Å². The zero-order valence-corrected chi connectivity index (χ0v) is 19.7. The molecule has 0 saturated heterocycles. The highest BCUT2D eigenvalue weighted by molar-refractivity contribution is 7.56. The zero-order chi connectivity index (χ0) is 21.6. The summed E-state index contributed by atoms with van der Waals surface area (Å²) in [4.78, 5) is 0. The van der Waals surface area contributed by atoms with Crippen molar-refractivity contribution < 1.29 is 27.2 Å². The predicted molar refractivity (Wildman–Crippen MR) is 114 cm³/mol. The van der Waals surface area contributed by atoms with Crippen LogP contribution in [0.4, 0.5) is 0 Å². The van der Waals surface area contributed by atoms with Crippen molar-refractivity contribution in [3.63, 3.8) is 0 Å². The van der Waals surface area contributed by atoms with Gasteiger partial charge in [-0.1, -0.05) is 12.2 Å². The normalized spacial score (nSPS) is 31.5. The van der Waals surface area contributed by atoms with Gasteiger partial charge in [-0.15, -0.1) is 13.2 Å². The van der Waals surface area contributed by atoms with Gasteiger partial charge in [-0.05, 0) is 53.4 Å². The first-order valence-corrected chi connectivity index (χ1v) is 13.0. The molecule has 0 aromatic heterocycles. The van der Waals surface area contributed by atoms with Gasteiger partial charge >= 0.3 is 15.2 Å². The van der Waals surface area contributed by atoms with Crippen molar-refractivity contribution in [2.45, 2.75) is 57.9 Å². The molecule has 2 saturated carbocycles. The number of hydrogen-bond donors (Lipinski definition) is 1. The Kier molecular flexibility index (Phi) is 9.36. The molecule has 0 spiro atoms. The fourth-order valence-electron chi connectivity index (χ4n) is 3.22. The van der Waals surface area contributed by atoms with E-state index in [1.54, 1.807) is 19.9 Å². The first kappa shape index (κ1) is 25.8. The molecular formula is C19H37NO6P2. The van der Waals surface area contributed by atoms with E-state index in [4.69, 9.17) is 23.8 Å². The Balaban J connectivity index is 0.000000280. The van der Waals surface area contributed by atoms with Gasteiger partial charge in [0.25, 0.3) is 0 Å². The van der Waals surface area contributed by atoms with Gasteiger partial charge in [0, 0.05) is 5.92 Å². The summed E-state index contributed by atoms with van der Waals surface area (Å²) in [6.07, 6.45) is 5.04. The van der Waals surface area contributed by atoms with Crippen molar-refractivity contribution in [2.75, 3.05) is 26.4 Å². The van der Waals surface area contributed by atoms with Gasteiger partial charge in [-0.25, -0.2) is 0 Å². The van der Waals surface area contributed by atoms with Crippen LogP contribution in [0.1, 0.15) is 47.5 Å². The van der Waals surface area contributed by atoms with E-state index in [1.807, 2.05) is 26.8 Å². The molecule has 4 atom stereocenters. The van der Waals surface area contributed by atoms with E-state index in [0.717, 1.165) is 6.42 Å². The van der Waals surface area contributed by atoms with Crippen molar-refractivity contribution in [1.82, 2.24) is 0 Å². The monoisotopic (exact) mass is 437 g/mol. The summed E-state index contributed by atoms with van der Waals surface area (Å²) in [5.74, 6) is 0.317. The highest BCUT2D eigenvalue weighted by Crippen LogP contribution is 2.74. The third-order valence-electron chi connectivity index (χ3n) is 5.20. The minimum Gasteiger partial charge on any atom is -0.315 e. The summed E-state index contributed by atoms with van der Waals surface area (Å²) in [5, 5.41) is -1.17. The summed E-state index contributed by atoms with van der Waals surface area (Å²) >= 11 is 0. The Bertz CT molecular complexity index is 568. The molecule has 0 aliphatic heterocycles. The Morgan fingerprint density at radius 2 is 1.25 bits per heavy atom. The van der Waals surface area contributed by atoms with E-state index in [0.29, 0.717) is 32.8 Å². The molecule has 9 heteroatoms. The molecule has 0 aromatic rings. The molecule has 0 radical (unpaired) electrons. The zero-order valence-electron chi connectivity index (χ0n) is 17.9. The summed E-state index contributed by atoms with van der Waals surface area (Å²) in [6, 6.07) is 0. The Morgan fingerprint density at radius 1 is 0.857 bits per heavy atom. The molecule has 0 bridgehead atoms. The van der Waals surface area contributed by atoms with E-state index in [1.165, 1.54) is 0 Å². The van der Waals surface area contributed by atoms with Crippen LogP contribution < -0.4 is 5.73 Å². The van der Waals surface area contributed by atoms with Gasteiger partial charge in [-0.3, -0.25) is 9.13 Å². The van der Waals surface area contributed by atoms with Gasteiger partial charge in [0.2, 0.25) is 0 Å². The highest BCUT2D eigenvalue weighted by atomic mass is 31.2. The average molecular weight is 437 g/mol. The predicted octanol–water partition coefficient (Wildman–Crippen LogP) is 5.33. The molecular weight excluding hydrogens is 400 g/mol. The Hall–Kier alpha value is -0.260. The van der Waals surface area contributed by atoms with Crippen molar-refractivity contribution in [3.05, 3.63) is 25.3 Å². The highest BCUT2D eigenvalue weighted by Gasteiger charge is 2.64. The number of rotatable bonds is 12. The van der Waals surface area contributed by atoms with E-state index >= 15 is 0 Å². The summed E-state index contributed by atoms with van der Waals surface area (Å²) in [7, 11) is -6.09. The smallest absolute Gasteiger partial charge is 0.315 e. The molecule has 2 fully saturated rings. The maximum absolute atomic E-state index is 12.4.